The molecule has 0 N–H and O–H groups in total. The summed E-state index contributed by atoms with van der Waals surface area (Å²) in [5, 5.41) is 10.0. The van der Waals surface area contributed by atoms with E-state index >= 15 is 0 Å². The van der Waals surface area contributed by atoms with Crippen LogP contribution < -0.4 is 0 Å². The van der Waals surface area contributed by atoms with Crippen molar-refractivity contribution in [3.05, 3.63) is 57.7 Å². The van der Waals surface area contributed by atoms with Gasteiger partial charge in [0.25, 0.3) is 0 Å². The molecule has 0 spiro atoms. The van der Waals surface area contributed by atoms with Crippen LogP contribution in [-0.2, 0) is 9.47 Å². The third-order valence-corrected chi connectivity index (χ3v) is 5.14. The molecule has 0 radical (unpaired) electrons. The maximum absolute atomic E-state index is 11.9. The van der Waals surface area contributed by atoms with Gasteiger partial charge in [0, 0.05) is 25.9 Å². The highest BCUT2D eigenvalue weighted by molar-refractivity contribution is 9.10. The summed E-state index contributed by atoms with van der Waals surface area (Å²) in [6, 6.07) is 11.3. The van der Waals surface area contributed by atoms with Crippen molar-refractivity contribution >= 4 is 65.9 Å². The minimum absolute atomic E-state index is 0.467. The van der Waals surface area contributed by atoms with Crippen LogP contribution in [0, 0.1) is 0 Å². The number of aromatic nitrogens is 4. The van der Waals surface area contributed by atoms with Crippen LogP contribution in [0.2, 0.25) is 0 Å². The standard InChI is InChI=1S/2C12H13BrN2O2/c1-12(2,3)17-11(16)15-7-8-4-5-9(13)6-10(8)14-15;1-12(2,3)17-11(16)15-10-6-9(13)5-4-8(10)7-14-15/h2*4-7H,1-3H3. The molecule has 0 bridgehead atoms. The van der Waals surface area contributed by atoms with E-state index in [1.54, 1.807) is 12.4 Å². The first-order valence-corrected chi connectivity index (χ1v) is 12.1. The summed E-state index contributed by atoms with van der Waals surface area (Å²) in [7, 11) is 0. The summed E-state index contributed by atoms with van der Waals surface area (Å²) in [6.07, 6.45) is 2.37. The van der Waals surface area contributed by atoms with Gasteiger partial charge in [-0.2, -0.15) is 19.6 Å². The van der Waals surface area contributed by atoms with Crippen molar-refractivity contribution < 1.29 is 19.1 Å². The lowest BCUT2D eigenvalue weighted by Gasteiger charge is -2.19. The normalized spacial score (nSPS) is 11.8. The van der Waals surface area contributed by atoms with Crippen LogP contribution in [-0.4, -0.2) is 42.9 Å². The Morgan fingerprint density at radius 1 is 0.824 bits per heavy atom. The summed E-state index contributed by atoms with van der Waals surface area (Å²) in [6.45, 7) is 11.0. The van der Waals surface area contributed by atoms with E-state index in [0.717, 1.165) is 30.8 Å². The second kappa shape index (κ2) is 9.87. The fraction of sp³-hybridized carbons (Fsp3) is 0.333. The molecule has 0 aliphatic heterocycles. The van der Waals surface area contributed by atoms with Gasteiger partial charge in [0.2, 0.25) is 0 Å². The van der Waals surface area contributed by atoms with E-state index in [0.29, 0.717) is 0 Å². The molecule has 2 aromatic carbocycles. The highest BCUT2D eigenvalue weighted by Gasteiger charge is 2.20. The van der Waals surface area contributed by atoms with Crippen molar-refractivity contribution in [2.24, 2.45) is 0 Å². The number of carbonyl (C=O) groups is 2. The Labute approximate surface area is 214 Å². The number of hydrogen-bond acceptors (Lipinski definition) is 6. The van der Waals surface area contributed by atoms with E-state index in [4.69, 9.17) is 9.47 Å². The van der Waals surface area contributed by atoms with E-state index in [1.807, 2.05) is 77.9 Å². The number of fused-ring (bicyclic) bond motifs is 2. The molecule has 0 unspecified atom stereocenters. The fourth-order valence-electron chi connectivity index (χ4n) is 2.83. The average Bonchev–Trinajstić information content (AvgIpc) is 3.29. The maximum Gasteiger partial charge on any atom is 0.435 e. The molecule has 4 aromatic rings. The summed E-state index contributed by atoms with van der Waals surface area (Å²) in [5.74, 6) is 0. The van der Waals surface area contributed by atoms with Crippen LogP contribution in [0.4, 0.5) is 9.59 Å². The lowest BCUT2D eigenvalue weighted by atomic mass is 10.2. The minimum atomic E-state index is -0.526. The molecular formula is C24H26Br2N4O4. The van der Waals surface area contributed by atoms with Gasteiger partial charge < -0.3 is 9.47 Å². The Morgan fingerprint density at radius 2 is 1.38 bits per heavy atom. The summed E-state index contributed by atoms with van der Waals surface area (Å²) in [5.41, 5.74) is 0.441. The van der Waals surface area contributed by atoms with E-state index in [2.05, 4.69) is 42.1 Å². The zero-order valence-electron chi connectivity index (χ0n) is 19.8. The number of hydrogen-bond donors (Lipinski definition) is 0. The molecule has 0 saturated carbocycles. The summed E-state index contributed by atoms with van der Waals surface area (Å²) < 4.78 is 14.8. The molecule has 180 valence electrons. The van der Waals surface area contributed by atoms with Gasteiger partial charge in [0.1, 0.15) is 11.2 Å². The topological polar surface area (TPSA) is 88.2 Å². The predicted molar refractivity (Wildman–Crippen MR) is 138 cm³/mol. The molecule has 0 aliphatic rings. The summed E-state index contributed by atoms with van der Waals surface area (Å²) in [4.78, 5) is 23.7. The Hall–Kier alpha value is -2.72. The van der Waals surface area contributed by atoms with Crippen LogP contribution in [0.5, 0.6) is 0 Å². The van der Waals surface area contributed by atoms with E-state index in [-0.39, 0.29) is 0 Å². The smallest absolute Gasteiger partial charge is 0.435 e. The molecule has 34 heavy (non-hydrogen) atoms. The first-order valence-electron chi connectivity index (χ1n) is 10.5. The maximum atomic E-state index is 11.9. The van der Waals surface area contributed by atoms with Gasteiger partial charge in [-0.25, -0.2) is 9.59 Å². The van der Waals surface area contributed by atoms with E-state index in [1.165, 1.54) is 9.36 Å². The number of benzene rings is 2. The molecule has 0 amide bonds. The average molecular weight is 594 g/mol. The molecule has 10 heteroatoms. The van der Waals surface area contributed by atoms with Crippen LogP contribution >= 0.6 is 31.9 Å². The first kappa shape index (κ1) is 25.9. The van der Waals surface area contributed by atoms with Gasteiger partial charge in [-0.05, 0) is 65.8 Å². The molecule has 2 heterocycles. The lowest BCUT2D eigenvalue weighted by molar-refractivity contribution is 0.0507. The second-order valence-electron chi connectivity index (χ2n) is 9.50. The zero-order valence-corrected chi connectivity index (χ0v) is 23.0. The van der Waals surface area contributed by atoms with Crippen molar-refractivity contribution in [1.29, 1.82) is 0 Å². The summed E-state index contributed by atoms with van der Waals surface area (Å²) >= 11 is 6.73. The van der Waals surface area contributed by atoms with Gasteiger partial charge >= 0.3 is 12.2 Å². The van der Waals surface area contributed by atoms with E-state index < -0.39 is 23.4 Å². The second-order valence-corrected chi connectivity index (χ2v) is 11.3. The van der Waals surface area contributed by atoms with Crippen LogP contribution in [0.3, 0.4) is 0 Å². The molecule has 0 aliphatic carbocycles. The molecule has 4 rings (SSSR count). The van der Waals surface area contributed by atoms with E-state index in [9.17, 15) is 9.59 Å². The Morgan fingerprint density at radius 3 is 2.00 bits per heavy atom. The number of nitrogens with zero attached hydrogens (tertiary/aromatic N) is 4. The molecule has 0 fully saturated rings. The minimum Gasteiger partial charge on any atom is -0.442 e. The zero-order chi connectivity index (χ0) is 25.3. The first-order chi connectivity index (χ1) is 15.7. The van der Waals surface area contributed by atoms with Crippen LogP contribution in [0.25, 0.3) is 21.8 Å². The lowest BCUT2D eigenvalue weighted by Crippen LogP contribution is -2.27. The van der Waals surface area contributed by atoms with Crippen molar-refractivity contribution in [2.45, 2.75) is 52.7 Å². The van der Waals surface area contributed by atoms with Crippen LogP contribution in [0.1, 0.15) is 41.5 Å². The van der Waals surface area contributed by atoms with Crippen molar-refractivity contribution in [1.82, 2.24) is 19.6 Å². The fourth-order valence-corrected chi connectivity index (χ4v) is 3.53. The third-order valence-electron chi connectivity index (χ3n) is 4.15. The largest absolute Gasteiger partial charge is 0.442 e. The predicted octanol–water partition coefficient (Wildman–Crippen LogP) is 7.16. The molecular weight excluding hydrogens is 568 g/mol. The molecule has 0 atom stereocenters. The SMILES string of the molecule is CC(C)(C)OC(=O)n1cc2ccc(Br)cc2n1.CC(C)(C)OC(=O)n1ncc2ccc(Br)cc21. The van der Waals surface area contributed by atoms with Crippen LogP contribution in [0.15, 0.2) is 57.7 Å². The Balaban J connectivity index is 0.000000191. The van der Waals surface area contributed by atoms with Gasteiger partial charge in [0.15, 0.2) is 0 Å². The van der Waals surface area contributed by atoms with Gasteiger partial charge in [-0.3, -0.25) is 0 Å². The molecule has 8 nitrogen and oxygen atoms in total. The van der Waals surface area contributed by atoms with Gasteiger partial charge in [0.05, 0.1) is 17.2 Å². The van der Waals surface area contributed by atoms with Crippen molar-refractivity contribution in [2.75, 3.05) is 0 Å². The number of ether oxygens (including phenoxy) is 2. The number of halogens is 2. The monoisotopic (exact) mass is 592 g/mol. The van der Waals surface area contributed by atoms with Gasteiger partial charge in [-0.15, -0.1) is 0 Å². The van der Waals surface area contributed by atoms with Crippen molar-refractivity contribution in [3.8, 4) is 0 Å². The number of rotatable bonds is 0. The highest BCUT2D eigenvalue weighted by atomic mass is 79.9. The quantitative estimate of drug-likeness (QED) is 0.215. The Bertz CT molecular complexity index is 1340. The van der Waals surface area contributed by atoms with Crippen molar-refractivity contribution in [3.63, 3.8) is 0 Å². The number of carbonyl (C=O) groups excluding carboxylic acids is 2. The highest BCUT2D eigenvalue weighted by Crippen LogP contribution is 2.21. The molecule has 0 saturated heterocycles. The Kier molecular flexibility index (Phi) is 7.52. The molecule has 2 aromatic heterocycles. The van der Waals surface area contributed by atoms with Gasteiger partial charge in [-0.1, -0.05) is 44.0 Å². The third kappa shape index (κ3) is 6.89.